The standard InChI is InChI=1S/C23H31NS/c1-6-12-22(13-7-2)21(8-3)16-23(24-5)19(4)17-25-18-20-14-10-9-11-15-20/h6-15,21,24H,1,3,16-18H2,2,4-5H3/b13-7-,22-12+,23-19-. The van der Waals surface area contributed by atoms with Crippen LogP contribution in [0, 0.1) is 5.92 Å². The van der Waals surface area contributed by atoms with Crippen molar-refractivity contribution in [1.29, 1.82) is 0 Å². The Morgan fingerprint density at radius 2 is 1.96 bits per heavy atom. The normalized spacial score (nSPS) is 14.1. The fraction of sp³-hybridized carbons (Fsp3) is 0.304. The van der Waals surface area contributed by atoms with Crippen LogP contribution in [0.2, 0.25) is 0 Å². The Hall–Kier alpha value is -1.93. The number of benzene rings is 1. The maximum atomic E-state index is 4.03. The van der Waals surface area contributed by atoms with Crippen LogP contribution in [0.5, 0.6) is 0 Å². The second kappa shape index (κ2) is 12.4. The Bertz CT molecular complexity index is 623. The van der Waals surface area contributed by atoms with Crippen molar-refractivity contribution in [3.63, 3.8) is 0 Å². The molecule has 0 fully saturated rings. The third-order valence-corrected chi connectivity index (χ3v) is 5.23. The summed E-state index contributed by atoms with van der Waals surface area (Å²) >= 11 is 1.95. The van der Waals surface area contributed by atoms with Gasteiger partial charge in [-0.3, -0.25) is 0 Å². The molecule has 0 saturated carbocycles. The zero-order valence-electron chi connectivity index (χ0n) is 15.8. The van der Waals surface area contributed by atoms with Gasteiger partial charge in [-0.1, -0.05) is 67.3 Å². The van der Waals surface area contributed by atoms with Gasteiger partial charge in [0.25, 0.3) is 0 Å². The quantitative estimate of drug-likeness (QED) is 0.370. The smallest absolute Gasteiger partial charge is 0.0187 e. The number of hydrogen-bond donors (Lipinski definition) is 1. The van der Waals surface area contributed by atoms with Crippen molar-refractivity contribution in [3.05, 3.63) is 96.3 Å². The van der Waals surface area contributed by atoms with Crippen LogP contribution in [0.15, 0.2) is 90.7 Å². The average molecular weight is 354 g/mol. The molecule has 0 aromatic heterocycles. The van der Waals surface area contributed by atoms with Gasteiger partial charge in [0.05, 0.1) is 0 Å². The monoisotopic (exact) mass is 353 g/mol. The molecule has 1 nitrogen and oxygen atoms in total. The van der Waals surface area contributed by atoms with E-state index in [-0.39, 0.29) is 5.92 Å². The lowest BCUT2D eigenvalue weighted by molar-refractivity contribution is 0.710. The molecule has 1 aromatic rings. The molecule has 0 aliphatic rings. The van der Waals surface area contributed by atoms with Crippen molar-refractivity contribution in [2.75, 3.05) is 12.8 Å². The van der Waals surface area contributed by atoms with E-state index in [1.165, 1.54) is 22.4 Å². The summed E-state index contributed by atoms with van der Waals surface area (Å²) < 4.78 is 0. The van der Waals surface area contributed by atoms with Crippen molar-refractivity contribution in [3.8, 4) is 0 Å². The fourth-order valence-corrected chi connectivity index (χ4v) is 3.67. The van der Waals surface area contributed by atoms with Gasteiger partial charge >= 0.3 is 0 Å². The van der Waals surface area contributed by atoms with Gasteiger partial charge in [0.1, 0.15) is 0 Å². The minimum atomic E-state index is 0.283. The highest BCUT2D eigenvalue weighted by Crippen LogP contribution is 2.25. The minimum Gasteiger partial charge on any atom is -0.391 e. The second-order valence-corrected chi connectivity index (χ2v) is 6.92. The van der Waals surface area contributed by atoms with E-state index in [0.29, 0.717) is 0 Å². The fourth-order valence-electron chi connectivity index (χ4n) is 2.66. The highest BCUT2D eigenvalue weighted by Gasteiger charge is 2.12. The van der Waals surface area contributed by atoms with E-state index in [1.807, 2.05) is 37.9 Å². The Morgan fingerprint density at radius 1 is 1.24 bits per heavy atom. The van der Waals surface area contributed by atoms with Gasteiger partial charge in [0.2, 0.25) is 0 Å². The van der Waals surface area contributed by atoms with Crippen molar-refractivity contribution < 1.29 is 0 Å². The summed E-state index contributed by atoms with van der Waals surface area (Å²) in [6.45, 7) is 12.1. The zero-order valence-corrected chi connectivity index (χ0v) is 16.6. The van der Waals surface area contributed by atoms with E-state index in [9.17, 15) is 0 Å². The van der Waals surface area contributed by atoms with Crippen molar-refractivity contribution in [2.45, 2.75) is 26.0 Å². The third-order valence-electron chi connectivity index (χ3n) is 4.05. The Morgan fingerprint density at radius 3 is 2.52 bits per heavy atom. The molecule has 0 aliphatic carbocycles. The molecule has 1 unspecified atom stereocenters. The molecule has 0 aliphatic heterocycles. The number of rotatable bonds is 11. The van der Waals surface area contributed by atoms with Crippen molar-refractivity contribution in [2.24, 2.45) is 5.92 Å². The molecule has 1 atom stereocenters. The number of allylic oxidation sites excluding steroid dienone is 7. The predicted molar refractivity (Wildman–Crippen MR) is 116 cm³/mol. The van der Waals surface area contributed by atoms with Gasteiger partial charge < -0.3 is 5.32 Å². The number of thioether (sulfide) groups is 1. The molecular formula is C23H31NS. The lowest BCUT2D eigenvalue weighted by atomic mass is 9.92. The van der Waals surface area contributed by atoms with E-state index in [0.717, 1.165) is 17.9 Å². The number of nitrogens with one attached hydrogen (secondary N) is 1. The van der Waals surface area contributed by atoms with Crippen LogP contribution in [0.25, 0.3) is 0 Å². The first kappa shape index (κ1) is 21.1. The molecule has 0 radical (unpaired) electrons. The first-order chi connectivity index (χ1) is 12.2. The van der Waals surface area contributed by atoms with Crippen LogP contribution >= 0.6 is 11.8 Å². The molecule has 134 valence electrons. The van der Waals surface area contributed by atoms with Gasteiger partial charge in [0, 0.05) is 30.2 Å². The molecule has 0 spiro atoms. The largest absolute Gasteiger partial charge is 0.391 e. The summed E-state index contributed by atoms with van der Waals surface area (Å²) in [5, 5.41) is 3.40. The van der Waals surface area contributed by atoms with E-state index in [2.05, 4.69) is 74.0 Å². The van der Waals surface area contributed by atoms with Crippen LogP contribution in [0.1, 0.15) is 25.8 Å². The molecule has 1 N–H and O–H groups in total. The third kappa shape index (κ3) is 7.66. The molecule has 25 heavy (non-hydrogen) atoms. The van der Waals surface area contributed by atoms with Gasteiger partial charge in [0.15, 0.2) is 0 Å². The molecule has 1 rings (SSSR count). The summed E-state index contributed by atoms with van der Waals surface area (Å²) in [5.74, 6) is 2.35. The predicted octanol–water partition coefficient (Wildman–Crippen LogP) is 6.29. The minimum absolute atomic E-state index is 0.283. The van der Waals surface area contributed by atoms with Crippen LogP contribution in [-0.4, -0.2) is 12.8 Å². The molecule has 1 aromatic carbocycles. The Balaban J connectivity index is 2.75. The maximum absolute atomic E-state index is 4.03. The number of hydrogen-bond acceptors (Lipinski definition) is 2. The van der Waals surface area contributed by atoms with Crippen LogP contribution < -0.4 is 5.32 Å². The first-order valence-corrected chi connectivity index (χ1v) is 9.87. The molecule has 0 saturated heterocycles. The topological polar surface area (TPSA) is 12.0 Å². The summed E-state index contributed by atoms with van der Waals surface area (Å²) in [4.78, 5) is 0. The lowest BCUT2D eigenvalue weighted by Gasteiger charge is -2.19. The molecule has 0 amide bonds. The molecular weight excluding hydrogens is 322 g/mol. The summed E-state index contributed by atoms with van der Waals surface area (Å²) in [7, 11) is 2.01. The Labute approximate surface area is 158 Å². The van der Waals surface area contributed by atoms with Gasteiger partial charge in [-0.2, -0.15) is 11.8 Å². The molecule has 0 heterocycles. The highest BCUT2D eigenvalue weighted by molar-refractivity contribution is 7.98. The molecule has 0 bridgehead atoms. The van der Waals surface area contributed by atoms with E-state index in [4.69, 9.17) is 0 Å². The van der Waals surface area contributed by atoms with Gasteiger partial charge in [-0.05, 0) is 37.0 Å². The highest BCUT2D eigenvalue weighted by atomic mass is 32.2. The summed E-state index contributed by atoms with van der Waals surface area (Å²) in [6.07, 6.45) is 11.1. The van der Waals surface area contributed by atoms with Gasteiger partial charge in [-0.25, -0.2) is 0 Å². The summed E-state index contributed by atoms with van der Waals surface area (Å²) in [5.41, 5.74) is 5.31. The van der Waals surface area contributed by atoms with E-state index in [1.54, 1.807) is 0 Å². The van der Waals surface area contributed by atoms with Crippen molar-refractivity contribution in [1.82, 2.24) is 5.32 Å². The van der Waals surface area contributed by atoms with Crippen LogP contribution in [0.3, 0.4) is 0 Å². The Kier molecular flexibility index (Phi) is 10.5. The lowest BCUT2D eigenvalue weighted by Crippen LogP contribution is -2.14. The second-order valence-electron chi connectivity index (χ2n) is 5.94. The van der Waals surface area contributed by atoms with Crippen LogP contribution in [-0.2, 0) is 5.75 Å². The first-order valence-electron chi connectivity index (χ1n) is 8.72. The van der Waals surface area contributed by atoms with Gasteiger partial charge in [-0.15, -0.1) is 6.58 Å². The molecule has 2 heteroatoms. The van der Waals surface area contributed by atoms with E-state index < -0.39 is 0 Å². The SMILES string of the molecule is C=C/C=C(\C=C/C)C(C=C)C/C(NC)=C(\C)CSCc1ccccc1. The maximum Gasteiger partial charge on any atom is 0.0187 e. The van der Waals surface area contributed by atoms with E-state index >= 15 is 0 Å². The van der Waals surface area contributed by atoms with Crippen LogP contribution in [0.4, 0.5) is 0 Å². The van der Waals surface area contributed by atoms with Crippen molar-refractivity contribution >= 4 is 11.8 Å². The summed E-state index contributed by atoms with van der Waals surface area (Å²) in [6, 6.07) is 10.6. The zero-order chi connectivity index (χ0) is 18.5. The average Bonchev–Trinajstić information content (AvgIpc) is 2.63.